The zero-order chi connectivity index (χ0) is 12.7. The van der Waals surface area contributed by atoms with Gasteiger partial charge < -0.3 is 15.3 Å². The van der Waals surface area contributed by atoms with Crippen molar-refractivity contribution in [1.29, 1.82) is 0 Å². The third kappa shape index (κ3) is 4.32. The highest BCUT2D eigenvalue weighted by Gasteiger charge is 2.12. The minimum Gasteiger partial charge on any atom is -0.395 e. The molecular weight excluding hydrogens is 219 g/mol. The van der Waals surface area contributed by atoms with E-state index in [1.165, 1.54) is 12.1 Å². The molecule has 0 aliphatic carbocycles. The van der Waals surface area contributed by atoms with Crippen molar-refractivity contribution < 1.29 is 9.50 Å². The standard InChI is InChI=1S/C13H21FN2O/c1-3-15-12(10-17)9-16(4-2)13-7-5-6-11(14)8-13/h5-8,12,15,17H,3-4,9-10H2,1-2H3. The second kappa shape index (κ2) is 7.25. The van der Waals surface area contributed by atoms with Crippen molar-refractivity contribution in [3.8, 4) is 0 Å². The van der Waals surface area contributed by atoms with Gasteiger partial charge in [0, 0.05) is 24.8 Å². The number of hydrogen-bond donors (Lipinski definition) is 2. The summed E-state index contributed by atoms with van der Waals surface area (Å²) >= 11 is 0. The second-order valence-electron chi connectivity index (χ2n) is 3.96. The topological polar surface area (TPSA) is 35.5 Å². The average molecular weight is 240 g/mol. The highest BCUT2D eigenvalue weighted by atomic mass is 19.1. The van der Waals surface area contributed by atoms with E-state index in [1.807, 2.05) is 24.8 Å². The summed E-state index contributed by atoms with van der Waals surface area (Å²) in [6.45, 7) is 6.37. The van der Waals surface area contributed by atoms with E-state index in [-0.39, 0.29) is 18.5 Å². The summed E-state index contributed by atoms with van der Waals surface area (Å²) in [5.74, 6) is -0.232. The number of benzene rings is 1. The lowest BCUT2D eigenvalue weighted by atomic mass is 10.2. The summed E-state index contributed by atoms with van der Waals surface area (Å²) in [4.78, 5) is 2.05. The lowest BCUT2D eigenvalue weighted by Crippen LogP contribution is -2.43. The van der Waals surface area contributed by atoms with Gasteiger partial charge in [-0.15, -0.1) is 0 Å². The number of halogens is 1. The van der Waals surface area contributed by atoms with E-state index in [9.17, 15) is 9.50 Å². The number of nitrogens with one attached hydrogen (secondary N) is 1. The number of anilines is 1. The zero-order valence-electron chi connectivity index (χ0n) is 10.5. The van der Waals surface area contributed by atoms with Crippen LogP contribution in [0.15, 0.2) is 24.3 Å². The Morgan fingerprint density at radius 2 is 2.18 bits per heavy atom. The van der Waals surface area contributed by atoms with Crippen LogP contribution in [0.5, 0.6) is 0 Å². The van der Waals surface area contributed by atoms with Crippen LogP contribution in [0.4, 0.5) is 10.1 Å². The Kier molecular flexibility index (Phi) is 5.94. The molecule has 96 valence electrons. The predicted octanol–water partition coefficient (Wildman–Crippen LogP) is 1.62. The van der Waals surface area contributed by atoms with Crippen molar-refractivity contribution in [2.75, 3.05) is 31.1 Å². The Bertz CT molecular complexity index is 333. The van der Waals surface area contributed by atoms with Crippen LogP contribution in [0.25, 0.3) is 0 Å². The molecule has 1 rings (SSSR count). The minimum absolute atomic E-state index is 0.0169. The molecule has 0 aliphatic heterocycles. The summed E-state index contributed by atoms with van der Waals surface area (Å²) in [7, 11) is 0. The first kappa shape index (κ1) is 13.9. The van der Waals surface area contributed by atoms with Crippen molar-refractivity contribution in [1.82, 2.24) is 5.32 Å². The van der Waals surface area contributed by atoms with Gasteiger partial charge in [-0.3, -0.25) is 0 Å². The van der Waals surface area contributed by atoms with Gasteiger partial charge in [-0.1, -0.05) is 13.0 Å². The second-order valence-corrected chi connectivity index (χ2v) is 3.96. The molecule has 3 nitrogen and oxygen atoms in total. The maximum Gasteiger partial charge on any atom is 0.125 e. The third-order valence-electron chi connectivity index (χ3n) is 2.71. The molecule has 0 spiro atoms. The summed E-state index contributed by atoms with van der Waals surface area (Å²) < 4.78 is 13.1. The van der Waals surface area contributed by atoms with E-state index >= 15 is 0 Å². The summed E-state index contributed by atoms with van der Waals surface area (Å²) in [6.07, 6.45) is 0. The zero-order valence-corrected chi connectivity index (χ0v) is 10.5. The van der Waals surface area contributed by atoms with Crippen molar-refractivity contribution in [3.63, 3.8) is 0 Å². The minimum atomic E-state index is -0.232. The molecule has 1 aromatic rings. The molecule has 1 aromatic carbocycles. The molecular formula is C13H21FN2O. The van der Waals surface area contributed by atoms with Crippen LogP contribution in [0, 0.1) is 5.82 Å². The average Bonchev–Trinajstić information content (AvgIpc) is 2.34. The van der Waals surface area contributed by atoms with Gasteiger partial charge in [0.2, 0.25) is 0 Å². The molecule has 4 heteroatoms. The Morgan fingerprint density at radius 1 is 1.41 bits per heavy atom. The van der Waals surface area contributed by atoms with Crippen LogP contribution in [0.1, 0.15) is 13.8 Å². The van der Waals surface area contributed by atoms with Crippen LogP contribution < -0.4 is 10.2 Å². The van der Waals surface area contributed by atoms with E-state index in [2.05, 4.69) is 5.32 Å². The Balaban J connectivity index is 2.70. The summed E-state index contributed by atoms with van der Waals surface area (Å²) in [6, 6.07) is 6.56. The van der Waals surface area contributed by atoms with E-state index in [0.29, 0.717) is 6.54 Å². The fraction of sp³-hybridized carbons (Fsp3) is 0.538. The van der Waals surface area contributed by atoms with Crippen LogP contribution in [-0.4, -0.2) is 37.4 Å². The highest BCUT2D eigenvalue weighted by molar-refractivity contribution is 5.46. The Labute approximate surface area is 102 Å². The van der Waals surface area contributed by atoms with Crippen molar-refractivity contribution in [3.05, 3.63) is 30.1 Å². The van der Waals surface area contributed by atoms with Crippen molar-refractivity contribution >= 4 is 5.69 Å². The molecule has 1 atom stereocenters. The third-order valence-corrected chi connectivity index (χ3v) is 2.71. The van der Waals surface area contributed by atoms with E-state index < -0.39 is 0 Å². The molecule has 0 saturated heterocycles. The van der Waals surface area contributed by atoms with Gasteiger partial charge in [0.05, 0.1) is 6.61 Å². The van der Waals surface area contributed by atoms with Gasteiger partial charge >= 0.3 is 0 Å². The molecule has 0 bridgehead atoms. The molecule has 0 saturated carbocycles. The molecule has 0 aromatic heterocycles. The number of hydrogen-bond acceptors (Lipinski definition) is 3. The van der Waals surface area contributed by atoms with E-state index in [0.717, 1.165) is 18.8 Å². The number of aliphatic hydroxyl groups is 1. The molecule has 0 radical (unpaired) electrons. The number of aliphatic hydroxyl groups excluding tert-OH is 1. The molecule has 0 fully saturated rings. The van der Waals surface area contributed by atoms with Gasteiger partial charge in [-0.05, 0) is 31.7 Å². The van der Waals surface area contributed by atoms with Gasteiger partial charge in [-0.25, -0.2) is 4.39 Å². The van der Waals surface area contributed by atoms with E-state index in [4.69, 9.17) is 0 Å². The van der Waals surface area contributed by atoms with Crippen molar-refractivity contribution in [2.45, 2.75) is 19.9 Å². The van der Waals surface area contributed by atoms with Crippen LogP contribution in [-0.2, 0) is 0 Å². The molecule has 2 N–H and O–H groups in total. The van der Waals surface area contributed by atoms with Gasteiger partial charge in [0.15, 0.2) is 0 Å². The number of rotatable bonds is 7. The molecule has 0 aliphatic rings. The molecule has 0 heterocycles. The first-order valence-electron chi connectivity index (χ1n) is 6.06. The Morgan fingerprint density at radius 3 is 2.71 bits per heavy atom. The fourth-order valence-electron chi connectivity index (χ4n) is 1.83. The lowest BCUT2D eigenvalue weighted by Gasteiger charge is -2.28. The summed E-state index contributed by atoms with van der Waals surface area (Å²) in [5.41, 5.74) is 0.851. The maximum atomic E-state index is 13.1. The van der Waals surface area contributed by atoms with Gasteiger partial charge in [0.25, 0.3) is 0 Å². The van der Waals surface area contributed by atoms with E-state index in [1.54, 1.807) is 6.07 Å². The Hall–Kier alpha value is -1.13. The normalized spacial score (nSPS) is 12.5. The quantitative estimate of drug-likeness (QED) is 0.760. The smallest absolute Gasteiger partial charge is 0.125 e. The SMILES string of the molecule is CCNC(CO)CN(CC)c1cccc(F)c1. The molecule has 17 heavy (non-hydrogen) atoms. The first-order valence-corrected chi connectivity index (χ1v) is 6.06. The monoisotopic (exact) mass is 240 g/mol. The maximum absolute atomic E-state index is 13.1. The highest BCUT2D eigenvalue weighted by Crippen LogP contribution is 2.15. The summed E-state index contributed by atoms with van der Waals surface area (Å²) in [5, 5.41) is 12.4. The van der Waals surface area contributed by atoms with Gasteiger partial charge in [0.1, 0.15) is 5.82 Å². The molecule has 0 amide bonds. The van der Waals surface area contributed by atoms with Crippen molar-refractivity contribution in [2.24, 2.45) is 0 Å². The largest absolute Gasteiger partial charge is 0.395 e. The van der Waals surface area contributed by atoms with Gasteiger partial charge in [-0.2, -0.15) is 0 Å². The predicted molar refractivity (Wildman–Crippen MR) is 68.8 cm³/mol. The van der Waals surface area contributed by atoms with Crippen LogP contribution in [0.2, 0.25) is 0 Å². The number of nitrogens with zero attached hydrogens (tertiary/aromatic N) is 1. The van der Waals surface area contributed by atoms with Crippen LogP contribution >= 0.6 is 0 Å². The number of likely N-dealkylation sites (N-methyl/N-ethyl adjacent to an activating group) is 2. The first-order chi connectivity index (χ1) is 8.21. The molecule has 1 unspecified atom stereocenters. The van der Waals surface area contributed by atoms with Crippen LogP contribution in [0.3, 0.4) is 0 Å². The fourth-order valence-corrected chi connectivity index (χ4v) is 1.83. The lowest BCUT2D eigenvalue weighted by molar-refractivity contribution is 0.245.